The van der Waals surface area contributed by atoms with Crippen LogP contribution in [0.3, 0.4) is 0 Å². The van der Waals surface area contributed by atoms with Gasteiger partial charge in [0, 0.05) is 11.6 Å². The fourth-order valence-electron chi connectivity index (χ4n) is 4.63. The van der Waals surface area contributed by atoms with Crippen LogP contribution in [0.1, 0.15) is 61.0 Å². The van der Waals surface area contributed by atoms with Crippen molar-refractivity contribution >= 4 is 34.8 Å². The van der Waals surface area contributed by atoms with Gasteiger partial charge in [-0.1, -0.05) is 37.9 Å². The first-order valence-electron chi connectivity index (χ1n) is 16.3. The Balaban J connectivity index is 1.22. The Hall–Kier alpha value is -5.89. The number of hydrogen-bond acceptors (Lipinski definition) is 8. The topological polar surface area (TPSA) is 97.4 Å². The van der Waals surface area contributed by atoms with E-state index in [0.29, 0.717) is 30.3 Å². The minimum Gasteiger partial charge on any atom is -0.494 e. The van der Waals surface area contributed by atoms with Crippen LogP contribution in [0.5, 0.6) is 23.0 Å². The molecule has 0 aliphatic heterocycles. The molecule has 0 aromatic heterocycles. The van der Waals surface area contributed by atoms with Crippen LogP contribution in [0.2, 0.25) is 0 Å². The summed E-state index contributed by atoms with van der Waals surface area (Å²) in [5.41, 5.74) is 2.85. The number of fused-ring (bicyclic) bond motifs is 1. The molecule has 0 aliphatic rings. The lowest BCUT2D eigenvalue weighted by Crippen LogP contribution is -2.10. The summed E-state index contributed by atoms with van der Waals surface area (Å²) in [5, 5.41) is 2.06. The minimum atomic E-state index is -0.593. The fourth-order valence-corrected chi connectivity index (χ4v) is 4.63. The van der Waals surface area contributed by atoms with Crippen LogP contribution < -0.4 is 18.9 Å². The minimum absolute atomic E-state index is 0.266. The predicted molar refractivity (Wildman–Crippen MR) is 196 cm³/mol. The largest absolute Gasteiger partial charge is 0.494 e. The molecule has 0 atom stereocenters. The van der Waals surface area contributed by atoms with Gasteiger partial charge in [0.05, 0.1) is 18.8 Å². The number of rotatable bonds is 17. The highest BCUT2D eigenvalue weighted by Crippen LogP contribution is 2.26. The lowest BCUT2D eigenvalue weighted by molar-refractivity contribution is -0.130. The molecule has 0 saturated carbocycles. The zero-order valence-electron chi connectivity index (χ0n) is 28.8. The van der Waals surface area contributed by atoms with Gasteiger partial charge in [-0.05, 0) is 141 Å². The molecule has 0 fully saturated rings. The monoisotopic (exact) mass is 674 g/mol. The standard InChI is InChI=1S/C42H42O8/c1-28(2)31(6)46-23-9-7-8-10-24-47-37-19-16-34-26-32(11-13-35(34)27-37)12-22-40(43)50-39-21-20-38(25-30(39)5)49-42(45)33-14-17-36(18-15-33)48-41(44)29(3)4/h11-22,25-27H,1,3,6-10,23-24H2,2,4-5H3/b22-12+. The Morgan fingerprint density at radius 2 is 1.32 bits per heavy atom. The number of allylic oxidation sites excluding steroid dienone is 1. The molecule has 0 spiro atoms. The van der Waals surface area contributed by atoms with Crippen molar-refractivity contribution in [2.75, 3.05) is 13.2 Å². The van der Waals surface area contributed by atoms with Crippen LogP contribution in [0, 0.1) is 6.92 Å². The summed E-state index contributed by atoms with van der Waals surface area (Å²) in [6, 6.07) is 22.6. The van der Waals surface area contributed by atoms with Gasteiger partial charge in [0.2, 0.25) is 0 Å². The second-order valence-electron chi connectivity index (χ2n) is 11.8. The quantitative estimate of drug-likeness (QED) is 0.0273. The van der Waals surface area contributed by atoms with E-state index in [4.69, 9.17) is 23.7 Å². The molecule has 0 N–H and O–H groups in total. The third-order valence-electron chi connectivity index (χ3n) is 7.52. The van der Waals surface area contributed by atoms with Crippen molar-refractivity contribution < 1.29 is 38.1 Å². The number of benzene rings is 4. The Morgan fingerprint density at radius 1 is 0.660 bits per heavy atom. The molecule has 4 aromatic rings. The van der Waals surface area contributed by atoms with Crippen LogP contribution in [0.15, 0.2) is 122 Å². The summed E-state index contributed by atoms with van der Waals surface area (Å²) in [5.74, 6) is 0.697. The lowest BCUT2D eigenvalue weighted by atomic mass is 10.1. The molecule has 4 aromatic carbocycles. The maximum absolute atomic E-state index is 12.6. The second-order valence-corrected chi connectivity index (χ2v) is 11.8. The zero-order chi connectivity index (χ0) is 36.0. The number of ether oxygens (including phenoxy) is 5. The van der Waals surface area contributed by atoms with Crippen LogP contribution >= 0.6 is 0 Å². The van der Waals surface area contributed by atoms with Gasteiger partial charge in [-0.2, -0.15) is 0 Å². The van der Waals surface area contributed by atoms with Crippen molar-refractivity contribution in [3.8, 4) is 23.0 Å². The van der Waals surface area contributed by atoms with Crippen molar-refractivity contribution in [2.45, 2.75) is 46.5 Å². The number of aryl methyl sites for hydroxylation is 1. The van der Waals surface area contributed by atoms with Crippen molar-refractivity contribution in [3.63, 3.8) is 0 Å². The number of carbonyl (C=O) groups excluding carboxylic acids is 3. The number of hydrogen-bond donors (Lipinski definition) is 0. The molecule has 0 bridgehead atoms. The van der Waals surface area contributed by atoms with Crippen LogP contribution in [0.4, 0.5) is 0 Å². The Labute approximate surface area is 293 Å². The molecule has 8 nitrogen and oxygen atoms in total. The summed E-state index contributed by atoms with van der Waals surface area (Å²) < 4.78 is 27.6. The molecule has 258 valence electrons. The Morgan fingerprint density at radius 3 is 2.02 bits per heavy atom. The maximum Gasteiger partial charge on any atom is 0.343 e. The normalized spacial score (nSPS) is 10.8. The van der Waals surface area contributed by atoms with Crippen molar-refractivity contribution in [1.82, 2.24) is 0 Å². The molecular weight excluding hydrogens is 632 g/mol. The maximum atomic E-state index is 12.6. The fraction of sp³-hybridized carbons (Fsp3) is 0.214. The summed E-state index contributed by atoms with van der Waals surface area (Å²) in [6.07, 6.45) is 7.12. The van der Waals surface area contributed by atoms with Crippen LogP contribution in [-0.2, 0) is 14.3 Å². The van der Waals surface area contributed by atoms with Gasteiger partial charge in [-0.15, -0.1) is 0 Å². The van der Waals surface area contributed by atoms with Gasteiger partial charge in [0.25, 0.3) is 0 Å². The summed E-state index contributed by atoms with van der Waals surface area (Å²) in [4.78, 5) is 36.9. The highest BCUT2D eigenvalue weighted by Gasteiger charge is 2.13. The number of esters is 3. The third kappa shape index (κ3) is 11.4. The van der Waals surface area contributed by atoms with Crippen molar-refractivity contribution in [1.29, 1.82) is 0 Å². The number of unbranched alkanes of at least 4 members (excludes halogenated alkanes) is 3. The molecule has 0 heterocycles. The van der Waals surface area contributed by atoms with E-state index in [0.717, 1.165) is 53.3 Å². The van der Waals surface area contributed by atoms with E-state index in [9.17, 15) is 14.4 Å². The highest BCUT2D eigenvalue weighted by molar-refractivity contribution is 5.93. The van der Waals surface area contributed by atoms with Crippen LogP contribution in [0.25, 0.3) is 16.8 Å². The first-order valence-corrected chi connectivity index (χ1v) is 16.3. The van der Waals surface area contributed by atoms with E-state index >= 15 is 0 Å². The van der Waals surface area contributed by atoms with E-state index < -0.39 is 17.9 Å². The lowest BCUT2D eigenvalue weighted by Gasteiger charge is -2.10. The number of carbonyl (C=O) groups is 3. The van der Waals surface area contributed by atoms with Crippen molar-refractivity contribution in [2.24, 2.45) is 0 Å². The molecular formula is C42H42O8. The zero-order valence-corrected chi connectivity index (χ0v) is 28.8. The summed E-state index contributed by atoms with van der Waals surface area (Å²) in [6.45, 7) is 17.7. The smallest absolute Gasteiger partial charge is 0.343 e. The molecule has 4 rings (SSSR count). The van der Waals surface area contributed by atoms with Gasteiger partial charge in [0.15, 0.2) is 0 Å². The van der Waals surface area contributed by atoms with Crippen molar-refractivity contribution in [3.05, 3.63) is 138 Å². The van der Waals surface area contributed by atoms with E-state index in [1.165, 1.54) is 30.3 Å². The molecule has 0 aliphatic carbocycles. The summed E-state index contributed by atoms with van der Waals surface area (Å²) in [7, 11) is 0. The van der Waals surface area contributed by atoms with Gasteiger partial charge in [-0.3, -0.25) is 0 Å². The van der Waals surface area contributed by atoms with E-state index in [1.807, 2.05) is 43.3 Å². The SMILES string of the molecule is C=C(C)C(=C)OCCCCCCOc1ccc2cc(/C=C/C(=O)Oc3ccc(OC(=O)c4ccc(OC(=O)C(=C)C)cc4)cc3C)ccc2c1. The van der Waals surface area contributed by atoms with Gasteiger partial charge < -0.3 is 23.7 Å². The second kappa shape index (κ2) is 18.0. The Kier molecular flexibility index (Phi) is 13.3. The average molecular weight is 675 g/mol. The van der Waals surface area contributed by atoms with Gasteiger partial charge in [0.1, 0.15) is 28.8 Å². The molecule has 8 heteroatoms. The molecule has 0 unspecified atom stereocenters. The predicted octanol–water partition coefficient (Wildman–Crippen LogP) is 9.51. The van der Waals surface area contributed by atoms with E-state index in [2.05, 4.69) is 19.7 Å². The highest BCUT2D eigenvalue weighted by atomic mass is 16.5. The molecule has 50 heavy (non-hydrogen) atoms. The van der Waals surface area contributed by atoms with Gasteiger partial charge >= 0.3 is 17.9 Å². The average Bonchev–Trinajstić information content (AvgIpc) is 3.09. The van der Waals surface area contributed by atoms with Crippen LogP contribution in [-0.4, -0.2) is 31.1 Å². The first kappa shape index (κ1) is 36.9. The van der Waals surface area contributed by atoms with E-state index in [-0.39, 0.29) is 22.6 Å². The van der Waals surface area contributed by atoms with E-state index in [1.54, 1.807) is 38.1 Å². The molecule has 0 radical (unpaired) electrons. The summed E-state index contributed by atoms with van der Waals surface area (Å²) >= 11 is 0. The van der Waals surface area contributed by atoms with Gasteiger partial charge in [-0.25, -0.2) is 14.4 Å². The molecule has 0 saturated heterocycles. The third-order valence-corrected chi connectivity index (χ3v) is 7.52. The Bertz CT molecular complexity index is 1920. The first-order chi connectivity index (χ1) is 24.0. The molecule has 0 amide bonds.